The Morgan fingerprint density at radius 3 is 1.11 bits per heavy atom. The van der Waals surface area contributed by atoms with Crippen molar-refractivity contribution in [1.29, 1.82) is 0 Å². The molecule has 0 aliphatic rings. The molecule has 0 bridgehead atoms. The number of rotatable bonds is 14. The molecule has 0 amide bonds. The van der Waals surface area contributed by atoms with Gasteiger partial charge in [-0.3, -0.25) is 0 Å². The zero-order valence-corrected chi connectivity index (χ0v) is 23.4. The van der Waals surface area contributed by atoms with Crippen LogP contribution in [0.5, 0.6) is 5.75 Å². The van der Waals surface area contributed by atoms with Gasteiger partial charge in [-0.05, 0) is 36.8 Å². The topological polar surface area (TPSA) is 20.2 Å². The van der Waals surface area contributed by atoms with Crippen molar-refractivity contribution in [3.05, 3.63) is 78.9 Å². The van der Waals surface area contributed by atoms with Gasteiger partial charge in [0.15, 0.2) is 0 Å². The number of nitrogens with zero attached hydrogens (tertiary/aromatic N) is 1. The fraction of sp³-hybridized carbons (Fsp3) is 0.471. The third-order valence-electron chi connectivity index (χ3n) is 7.15. The molecule has 0 unspecified atom stereocenters. The molecule has 0 spiro atoms. The van der Waals surface area contributed by atoms with Crippen molar-refractivity contribution in [2.45, 2.75) is 79.1 Å². The lowest BCUT2D eigenvalue weighted by Crippen LogP contribution is -2.50. The minimum Gasteiger partial charge on any atom is -0.507 e. The summed E-state index contributed by atoms with van der Waals surface area (Å²) in [4.78, 5) is 0. The highest BCUT2D eigenvalue weighted by molar-refractivity contribution is 5.81. The number of para-hydroxylation sites is 1. The first-order valence-corrected chi connectivity index (χ1v) is 14.4. The number of hydrogen-bond acceptors (Lipinski definition) is 1. The highest BCUT2D eigenvalue weighted by Crippen LogP contribution is 2.37. The van der Waals surface area contributed by atoms with Crippen molar-refractivity contribution >= 4 is 0 Å². The fourth-order valence-corrected chi connectivity index (χ4v) is 4.89. The lowest BCUT2D eigenvalue weighted by atomic mass is 9.97. The Hall–Kier alpha value is -2.58. The average molecular weight is 489 g/mol. The molecular weight excluding hydrogens is 438 g/mol. The summed E-state index contributed by atoms with van der Waals surface area (Å²) < 4.78 is 1.42. The summed E-state index contributed by atoms with van der Waals surface area (Å²) in [5.41, 5.74) is 3.78. The van der Waals surface area contributed by atoms with Gasteiger partial charge in [0.1, 0.15) is 5.75 Å². The van der Waals surface area contributed by atoms with Crippen LogP contribution in [0.3, 0.4) is 0 Å². The summed E-state index contributed by atoms with van der Waals surface area (Å²) in [6, 6.07) is 25.7. The van der Waals surface area contributed by atoms with Crippen molar-refractivity contribution in [2.24, 2.45) is 0 Å². The summed E-state index contributed by atoms with van der Waals surface area (Å²) in [5.74, 6) is 0.333. The van der Waals surface area contributed by atoms with Gasteiger partial charge in [-0.2, -0.15) is 0 Å². The van der Waals surface area contributed by atoms with E-state index in [0.717, 1.165) is 22.3 Å². The van der Waals surface area contributed by atoms with Gasteiger partial charge in [0.2, 0.25) is 0 Å². The van der Waals surface area contributed by atoms with E-state index >= 15 is 0 Å². The first-order chi connectivity index (χ1) is 17.6. The van der Waals surface area contributed by atoms with Crippen LogP contribution in [0.15, 0.2) is 78.9 Å². The zero-order valence-electron chi connectivity index (χ0n) is 23.4. The van der Waals surface area contributed by atoms with E-state index in [9.17, 15) is 5.11 Å². The number of hydrogen-bond donors (Lipinski definition) is 1. The third kappa shape index (κ3) is 9.47. The molecule has 1 N–H and O–H groups in total. The van der Waals surface area contributed by atoms with Crippen LogP contribution in [0.25, 0.3) is 22.3 Å². The monoisotopic (exact) mass is 488 g/mol. The summed E-state index contributed by atoms with van der Waals surface area (Å²) in [6.45, 7) is 15.0. The molecule has 0 heterocycles. The van der Waals surface area contributed by atoms with E-state index in [-0.39, 0.29) is 0 Å². The van der Waals surface area contributed by atoms with Crippen LogP contribution in [0.4, 0.5) is 0 Å². The number of aromatic hydroxyl groups is 1. The quantitative estimate of drug-likeness (QED) is 0.224. The van der Waals surface area contributed by atoms with E-state index in [1.54, 1.807) is 0 Å². The van der Waals surface area contributed by atoms with E-state index in [2.05, 4.69) is 27.7 Å². The summed E-state index contributed by atoms with van der Waals surface area (Å²) in [7, 11) is 0. The average Bonchev–Trinajstić information content (AvgIpc) is 2.94. The molecule has 2 heteroatoms. The maximum Gasteiger partial charge on any atom is 0.131 e. The SMILES string of the molecule is CCCC[N+](CCCC)(CCCC)CCCC.Oc1c(-c2ccccc2)cccc1-c1ccccc1. The molecule has 36 heavy (non-hydrogen) atoms. The predicted octanol–water partition coefficient (Wildman–Crippen LogP) is 9.73. The summed E-state index contributed by atoms with van der Waals surface area (Å²) in [5, 5.41) is 10.5. The Morgan fingerprint density at radius 2 is 0.806 bits per heavy atom. The van der Waals surface area contributed by atoms with Crippen LogP contribution in [0, 0.1) is 0 Å². The summed E-state index contributed by atoms with van der Waals surface area (Å²) in [6.07, 6.45) is 11.1. The Morgan fingerprint density at radius 1 is 0.472 bits per heavy atom. The minimum absolute atomic E-state index is 0.333. The molecule has 0 aromatic heterocycles. The van der Waals surface area contributed by atoms with Gasteiger partial charge < -0.3 is 9.59 Å². The van der Waals surface area contributed by atoms with Gasteiger partial charge in [0.25, 0.3) is 0 Å². The van der Waals surface area contributed by atoms with Crippen LogP contribution in [-0.4, -0.2) is 35.8 Å². The smallest absolute Gasteiger partial charge is 0.131 e. The second kappa shape index (κ2) is 17.0. The van der Waals surface area contributed by atoms with Crippen molar-refractivity contribution < 1.29 is 9.59 Å². The molecule has 3 rings (SSSR count). The van der Waals surface area contributed by atoms with E-state index < -0.39 is 0 Å². The molecule has 0 saturated heterocycles. The van der Waals surface area contributed by atoms with Crippen molar-refractivity contribution in [2.75, 3.05) is 26.2 Å². The molecule has 196 valence electrons. The number of unbranched alkanes of at least 4 members (excludes halogenated alkanes) is 4. The van der Waals surface area contributed by atoms with Crippen LogP contribution in [0.2, 0.25) is 0 Å². The number of quaternary nitrogens is 1. The first kappa shape index (κ1) is 29.6. The highest BCUT2D eigenvalue weighted by Gasteiger charge is 2.24. The van der Waals surface area contributed by atoms with E-state index in [1.165, 1.54) is 82.0 Å². The molecule has 0 saturated carbocycles. The van der Waals surface area contributed by atoms with Crippen LogP contribution in [-0.2, 0) is 0 Å². The summed E-state index contributed by atoms with van der Waals surface area (Å²) >= 11 is 0. The lowest BCUT2D eigenvalue weighted by molar-refractivity contribution is -0.929. The molecular formula is C34H50NO+. The molecule has 0 fully saturated rings. The number of benzene rings is 3. The maximum atomic E-state index is 10.5. The third-order valence-corrected chi connectivity index (χ3v) is 7.15. The minimum atomic E-state index is 0.333. The Bertz CT molecular complexity index is 856. The largest absolute Gasteiger partial charge is 0.507 e. The van der Waals surface area contributed by atoms with Crippen molar-refractivity contribution in [3.63, 3.8) is 0 Å². The molecule has 0 aliphatic carbocycles. The van der Waals surface area contributed by atoms with E-state index in [4.69, 9.17) is 0 Å². The van der Waals surface area contributed by atoms with Crippen molar-refractivity contribution in [1.82, 2.24) is 0 Å². The molecule has 0 aliphatic heterocycles. The Labute approximate surface area is 221 Å². The van der Waals surface area contributed by atoms with Gasteiger partial charge in [-0.15, -0.1) is 0 Å². The molecule has 3 aromatic carbocycles. The molecule has 3 aromatic rings. The zero-order chi connectivity index (χ0) is 26.1. The lowest BCUT2D eigenvalue weighted by Gasteiger charge is -2.39. The molecule has 0 atom stereocenters. The van der Waals surface area contributed by atoms with E-state index in [0.29, 0.717) is 5.75 Å². The van der Waals surface area contributed by atoms with Gasteiger partial charge in [0, 0.05) is 11.1 Å². The van der Waals surface area contributed by atoms with Crippen molar-refractivity contribution in [3.8, 4) is 28.0 Å². The van der Waals surface area contributed by atoms with Gasteiger partial charge in [-0.25, -0.2) is 0 Å². The molecule has 0 radical (unpaired) electrons. The standard InChI is InChI=1S/C18H14O.C16H36N/c19-18-16(14-8-3-1-4-9-14)12-7-13-17(18)15-10-5-2-6-11-15;1-5-9-13-17(14-10-6-2,15-11-7-3)16-12-8-4/h1-13,19H;5-16H2,1-4H3/q;+1. The normalized spacial score (nSPS) is 11.1. The van der Waals surface area contributed by atoms with Gasteiger partial charge in [-0.1, -0.05) is 132 Å². The number of phenolic OH excluding ortho intramolecular Hbond substituents is 1. The number of phenols is 1. The second-order valence-corrected chi connectivity index (χ2v) is 10.1. The van der Waals surface area contributed by atoms with Crippen LogP contribution in [0.1, 0.15) is 79.1 Å². The Balaban J connectivity index is 0.000000256. The second-order valence-electron chi connectivity index (χ2n) is 10.1. The Kier molecular flexibility index (Phi) is 14.0. The first-order valence-electron chi connectivity index (χ1n) is 14.4. The predicted molar refractivity (Wildman–Crippen MR) is 158 cm³/mol. The molecule has 2 nitrogen and oxygen atoms in total. The fourth-order valence-electron chi connectivity index (χ4n) is 4.89. The van der Waals surface area contributed by atoms with Gasteiger partial charge in [0.05, 0.1) is 26.2 Å². The van der Waals surface area contributed by atoms with E-state index in [1.807, 2.05) is 78.9 Å². The van der Waals surface area contributed by atoms with Gasteiger partial charge >= 0.3 is 0 Å². The maximum absolute atomic E-state index is 10.5. The highest BCUT2D eigenvalue weighted by atomic mass is 16.3. The van der Waals surface area contributed by atoms with Crippen LogP contribution < -0.4 is 0 Å². The van der Waals surface area contributed by atoms with Crippen LogP contribution >= 0.6 is 0 Å².